The standard InChI is InChI=1S/C16H16Cl3N.C7H13NO.H3NS/c1-10(6-7-11-4-2-3-5-13(11)17)12-8-14(18)16(20)15(19)9-12;1-7-2-4-8(6-9)5-3-7;1-2/h2-5,8-10H,6-7,20H2,1H3;6-7H,2-5H2,1H3;2H,1H2. The minimum absolute atomic E-state index is 0.335. The van der Waals surface area contributed by atoms with Gasteiger partial charge in [0.1, 0.15) is 0 Å². The Morgan fingerprint density at radius 2 is 1.65 bits per heavy atom. The number of anilines is 1. The van der Waals surface area contributed by atoms with E-state index in [9.17, 15) is 4.79 Å². The molecule has 0 aromatic heterocycles. The average molecular weight is 505 g/mol. The molecule has 172 valence electrons. The number of aryl methyl sites for hydroxylation is 1. The maximum absolute atomic E-state index is 10.2. The first-order valence-corrected chi connectivity index (χ1v) is 11.9. The van der Waals surface area contributed by atoms with Crippen molar-refractivity contribution in [3.63, 3.8) is 0 Å². The number of rotatable bonds is 5. The Morgan fingerprint density at radius 3 is 2.16 bits per heavy atom. The normalized spacial score (nSPS) is 14.6. The van der Waals surface area contributed by atoms with Crippen LogP contribution in [-0.2, 0) is 11.2 Å². The summed E-state index contributed by atoms with van der Waals surface area (Å²) < 4.78 is 0. The molecule has 2 aromatic carbocycles. The van der Waals surface area contributed by atoms with Crippen molar-refractivity contribution in [2.75, 3.05) is 18.8 Å². The van der Waals surface area contributed by atoms with Crippen LogP contribution in [0.25, 0.3) is 0 Å². The largest absolute Gasteiger partial charge is 0.396 e. The van der Waals surface area contributed by atoms with Crippen molar-refractivity contribution in [1.29, 1.82) is 0 Å². The zero-order valence-corrected chi connectivity index (χ0v) is 21.2. The Morgan fingerprint density at radius 1 is 1.10 bits per heavy atom. The first-order chi connectivity index (χ1) is 14.8. The van der Waals surface area contributed by atoms with Gasteiger partial charge in [-0.05, 0) is 66.8 Å². The van der Waals surface area contributed by atoms with Crippen LogP contribution in [0.2, 0.25) is 15.1 Å². The molecule has 31 heavy (non-hydrogen) atoms. The third kappa shape index (κ3) is 9.50. The SMILES string of the molecule is CC(CCc1ccccc1Cl)c1cc(Cl)c(N)c(Cl)c1.CC1CCN(C=O)CC1.NS. The van der Waals surface area contributed by atoms with Gasteiger partial charge in [0.2, 0.25) is 6.41 Å². The Bertz CT molecular complexity index is 791. The van der Waals surface area contributed by atoms with Crippen LogP contribution in [-0.4, -0.2) is 24.4 Å². The molecule has 1 amide bonds. The third-order valence-electron chi connectivity index (χ3n) is 5.44. The average Bonchev–Trinajstić information content (AvgIpc) is 2.78. The molecule has 4 nitrogen and oxygen atoms in total. The van der Waals surface area contributed by atoms with Crippen molar-refractivity contribution in [2.24, 2.45) is 11.1 Å². The molecule has 1 aliphatic rings. The second kappa shape index (κ2) is 14.9. The highest BCUT2D eigenvalue weighted by Crippen LogP contribution is 2.33. The lowest BCUT2D eigenvalue weighted by atomic mass is 9.94. The van der Waals surface area contributed by atoms with E-state index in [-0.39, 0.29) is 0 Å². The first kappa shape index (κ1) is 27.9. The lowest BCUT2D eigenvalue weighted by Crippen LogP contribution is -2.31. The Labute approximate surface area is 206 Å². The van der Waals surface area contributed by atoms with Gasteiger partial charge in [0.15, 0.2) is 0 Å². The molecule has 1 fully saturated rings. The number of carbonyl (C=O) groups excluding carboxylic acids is 1. The summed E-state index contributed by atoms with van der Waals surface area (Å²) in [5, 5.41) is 6.03. The Balaban J connectivity index is 0.000000365. The van der Waals surface area contributed by atoms with Gasteiger partial charge in [-0.2, -0.15) is 0 Å². The molecular formula is C23H32Cl3N3OS. The second-order valence-electron chi connectivity index (χ2n) is 7.75. The van der Waals surface area contributed by atoms with Gasteiger partial charge in [-0.3, -0.25) is 9.93 Å². The van der Waals surface area contributed by atoms with E-state index in [0.717, 1.165) is 54.4 Å². The van der Waals surface area contributed by atoms with E-state index in [1.54, 1.807) is 0 Å². The summed E-state index contributed by atoms with van der Waals surface area (Å²) in [7, 11) is 0. The van der Waals surface area contributed by atoms with Crippen molar-refractivity contribution < 1.29 is 4.79 Å². The van der Waals surface area contributed by atoms with Crippen LogP contribution in [0, 0.1) is 5.92 Å². The second-order valence-corrected chi connectivity index (χ2v) is 8.97. The highest BCUT2D eigenvalue weighted by Gasteiger charge is 2.13. The van der Waals surface area contributed by atoms with Crippen LogP contribution in [0.15, 0.2) is 36.4 Å². The van der Waals surface area contributed by atoms with Crippen molar-refractivity contribution in [3.8, 4) is 0 Å². The molecule has 0 radical (unpaired) electrons. The number of piperidine rings is 1. The van der Waals surface area contributed by atoms with Crippen LogP contribution in [0.1, 0.15) is 50.2 Å². The molecule has 0 spiro atoms. The molecule has 1 unspecified atom stereocenters. The van der Waals surface area contributed by atoms with Crippen LogP contribution >= 0.6 is 47.6 Å². The van der Waals surface area contributed by atoms with Gasteiger partial charge in [-0.1, -0.05) is 66.8 Å². The number of hydrogen-bond acceptors (Lipinski definition) is 4. The third-order valence-corrected chi connectivity index (χ3v) is 6.44. The van der Waals surface area contributed by atoms with Crippen LogP contribution in [0.4, 0.5) is 5.69 Å². The van der Waals surface area contributed by atoms with Crippen molar-refractivity contribution >= 4 is 59.7 Å². The summed E-state index contributed by atoms with van der Waals surface area (Å²) in [5.74, 6) is 1.16. The number of halogens is 3. The predicted molar refractivity (Wildman–Crippen MR) is 138 cm³/mol. The lowest BCUT2D eigenvalue weighted by Gasteiger charge is -2.26. The number of thiol groups is 1. The molecule has 3 rings (SSSR count). The molecular weight excluding hydrogens is 473 g/mol. The molecule has 1 heterocycles. The molecule has 0 bridgehead atoms. The lowest BCUT2D eigenvalue weighted by molar-refractivity contribution is -0.119. The minimum atomic E-state index is 0.335. The van der Waals surface area contributed by atoms with E-state index in [4.69, 9.17) is 40.5 Å². The number of hydrogen-bond donors (Lipinski definition) is 3. The van der Waals surface area contributed by atoms with E-state index in [1.165, 1.54) is 12.8 Å². The predicted octanol–water partition coefficient (Wildman–Crippen LogP) is 6.63. The van der Waals surface area contributed by atoms with Crippen molar-refractivity contribution in [1.82, 2.24) is 4.90 Å². The monoisotopic (exact) mass is 503 g/mol. The van der Waals surface area contributed by atoms with Gasteiger partial charge < -0.3 is 10.6 Å². The topological polar surface area (TPSA) is 72.3 Å². The van der Waals surface area contributed by atoms with Gasteiger partial charge in [-0.25, -0.2) is 0 Å². The minimum Gasteiger partial charge on any atom is -0.396 e. The fourth-order valence-corrected chi connectivity index (χ4v) is 4.00. The van der Waals surface area contributed by atoms with Gasteiger partial charge in [-0.15, -0.1) is 12.8 Å². The van der Waals surface area contributed by atoms with E-state index >= 15 is 0 Å². The maximum Gasteiger partial charge on any atom is 0.209 e. The number of nitrogens with zero attached hydrogens (tertiary/aromatic N) is 1. The molecule has 0 saturated carbocycles. The smallest absolute Gasteiger partial charge is 0.209 e. The summed E-state index contributed by atoms with van der Waals surface area (Å²) in [4.78, 5) is 12.0. The Kier molecular flexibility index (Phi) is 13.4. The van der Waals surface area contributed by atoms with Gasteiger partial charge in [0.25, 0.3) is 0 Å². The number of nitrogens with two attached hydrogens (primary N) is 2. The Hall–Kier alpha value is -1.11. The van der Waals surface area contributed by atoms with Crippen LogP contribution < -0.4 is 10.9 Å². The molecule has 2 aromatic rings. The molecule has 1 atom stereocenters. The van der Waals surface area contributed by atoms with Crippen molar-refractivity contribution in [2.45, 2.75) is 45.4 Å². The van der Waals surface area contributed by atoms with E-state index in [0.29, 0.717) is 21.7 Å². The van der Waals surface area contributed by atoms with Gasteiger partial charge >= 0.3 is 0 Å². The number of nitrogen functional groups attached to an aromatic ring is 1. The molecule has 4 N–H and O–H groups in total. The van der Waals surface area contributed by atoms with Gasteiger partial charge in [0, 0.05) is 18.1 Å². The summed E-state index contributed by atoms with van der Waals surface area (Å²) >= 11 is 21.3. The highest BCUT2D eigenvalue weighted by atomic mass is 35.5. The van der Waals surface area contributed by atoms with Crippen molar-refractivity contribution in [3.05, 3.63) is 62.6 Å². The molecule has 1 saturated heterocycles. The van der Waals surface area contributed by atoms with Crippen LogP contribution in [0.5, 0.6) is 0 Å². The number of carbonyl (C=O) groups is 1. The van der Waals surface area contributed by atoms with E-state index in [2.05, 4.69) is 37.9 Å². The quantitative estimate of drug-likeness (QED) is 0.243. The summed E-state index contributed by atoms with van der Waals surface area (Å²) in [6, 6.07) is 11.7. The molecule has 8 heteroatoms. The summed E-state index contributed by atoms with van der Waals surface area (Å²) in [6.45, 7) is 6.31. The van der Waals surface area contributed by atoms with E-state index in [1.807, 2.05) is 35.2 Å². The van der Waals surface area contributed by atoms with Gasteiger partial charge in [0.05, 0.1) is 15.7 Å². The van der Waals surface area contributed by atoms with Crippen LogP contribution in [0.3, 0.4) is 0 Å². The number of amides is 1. The summed E-state index contributed by atoms with van der Waals surface area (Å²) in [5.41, 5.74) is 8.45. The maximum atomic E-state index is 10.2. The highest BCUT2D eigenvalue weighted by molar-refractivity contribution is 7.77. The fraction of sp³-hybridized carbons (Fsp3) is 0.435. The number of likely N-dealkylation sites (tertiary alicyclic amines) is 1. The van der Waals surface area contributed by atoms with E-state index < -0.39 is 0 Å². The molecule has 0 aliphatic carbocycles. The summed E-state index contributed by atoms with van der Waals surface area (Å²) in [6.07, 6.45) is 5.20. The first-order valence-electron chi connectivity index (χ1n) is 10.2. The zero-order valence-electron chi connectivity index (χ0n) is 18.0. The number of benzene rings is 2. The zero-order chi connectivity index (χ0) is 23.4. The molecule has 1 aliphatic heterocycles. The fourth-order valence-electron chi connectivity index (χ4n) is 3.26.